The smallest absolute Gasteiger partial charge is 0.00720 e. The molecule has 1 rings (SSSR count). The molecular weight excluding hydrogens is 152 g/mol. The maximum absolute atomic E-state index is 2.22. The van der Waals surface area contributed by atoms with Gasteiger partial charge in [0.15, 0.2) is 0 Å². The molecule has 0 heterocycles. The van der Waals surface area contributed by atoms with Crippen molar-refractivity contribution < 1.29 is 0 Å². The SMILES string of the molecule is CSc1cccc([C](C)C)c1. The third-order valence-electron chi connectivity index (χ3n) is 1.65. The second-order valence-corrected chi connectivity index (χ2v) is 3.61. The Labute approximate surface area is 73.0 Å². The van der Waals surface area contributed by atoms with Crippen LogP contribution in [0.15, 0.2) is 29.2 Å². The standard InChI is InChI=1S/C10H13S/c1-8(2)9-5-4-6-10(7-9)11-3/h4-7H,1-3H3. The number of rotatable bonds is 2. The Balaban J connectivity index is 2.91. The summed E-state index contributed by atoms with van der Waals surface area (Å²) in [6, 6.07) is 8.61. The van der Waals surface area contributed by atoms with Gasteiger partial charge in [0.2, 0.25) is 0 Å². The van der Waals surface area contributed by atoms with E-state index >= 15 is 0 Å². The third kappa shape index (κ3) is 2.26. The third-order valence-corrected chi connectivity index (χ3v) is 2.37. The molecule has 0 aliphatic rings. The molecular formula is C10H13S. The van der Waals surface area contributed by atoms with Crippen molar-refractivity contribution in [1.82, 2.24) is 0 Å². The van der Waals surface area contributed by atoms with Crippen molar-refractivity contribution in [3.63, 3.8) is 0 Å². The second-order valence-electron chi connectivity index (χ2n) is 2.73. The molecule has 0 saturated heterocycles. The molecule has 0 fully saturated rings. The number of hydrogen-bond acceptors (Lipinski definition) is 1. The van der Waals surface area contributed by atoms with Crippen molar-refractivity contribution >= 4 is 11.8 Å². The van der Waals surface area contributed by atoms with Gasteiger partial charge in [-0.25, -0.2) is 0 Å². The van der Waals surface area contributed by atoms with E-state index < -0.39 is 0 Å². The summed E-state index contributed by atoms with van der Waals surface area (Å²) in [5, 5.41) is 0. The van der Waals surface area contributed by atoms with Crippen molar-refractivity contribution in [2.75, 3.05) is 6.26 Å². The first kappa shape index (κ1) is 8.66. The van der Waals surface area contributed by atoms with E-state index in [1.54, 1.807) is 11.8 Å². The Hall–Kier alpha value is -0.430. The summed E-state index contributed by atoms with van der Waals surface area (Å²) in [5.74, 6) is 1.38. The highest BCUT2D eigenvalue weighted by molar-refractivity contribution is 7.98. The average Bonchev–Trinajstić information content (AvgIpc) is 2.05. The molecule has 1 radical (unpaired) electrons. The van der Waals surface area contributed by atoms with E-state index in [-0.39, 0.29) is 0 Å². The van der Waals surface area contributed by atoms with Crippen molar-refractivity contribution in [2.45, 2.75) is 18.7 Å². The van der Waals surface area contributed by atoms with Crippen LogP contribution >= 0.6 is 11.8 Å². The van der Waals surface area contributed by atoms with Gasteiger partial charge >= 0.3 is 0 Å². The maximum Gasteiger partial charge on any atom is 0.00720 e. The van der Waals surface area contributed by atoms with Gasteiger partial charge in [-0.2, -0.15) is 0 Å². The lowest BCUT2D eigenvalue weighted by Crippen LogP contribution is -1.86. The quantitative estimate of drug-likeness (QED) is 0.605. The minimum atomic E-state index is 1.34. The molecule has 0 unspecified atom stereocenters. The fourth-order valence-electron chi connectivity index (χ4n) is 0.934. The summed E-state index contributed by atoms with van der Waals surface area (Å²) in [4.78, 5) is 1.34. The maximum atomic E-state index is 2.22. The van der Waals surface area contributed by atoms with E-state index in [0.29, 0.717) is 0 Å². The molecule has 1 aromatic rings. The van der Waals surface area contributed by atoms with Crippen LogP contribution in [0.3, 0.4) is 0 Å². The molecule has 0 saturated carbocycles. The van der Waals surface area contributed by atoms with E-state index in [4.69, 9.17) is 0 Å². The Kier molecular flexibility index (Phi) is 3.01. The van der Waals surface area contributed by atoms with Gasteiger partial charge in [-0.3, -0.25) is 0 Å². The molecule has 1 aromatic carbocycles. The Morgan fingerprint density at radius 1 is 1.27 bits per heavy atom. The average molecular weight is 165 g/mol. The van der Waals surface area contributed by atoms with Crippen molar-refractivity contribution in [2.24, 2.45) is 0 Å². The normalized spacial score (nSPS) is 10.5. The van der Waals surface area contributed by atoms with Crippen LogP contribution in [0.4, 0.5) is 0 Å². The molecule has 0 nitrogen and oxygen atoms in total. The fourth-order valence-corrected chi connectivity index (χ4v) is 1.39. The summed E-state index contributed by atoms with van der Waals surface area (Å²) in [6.45, 7) is 4.28. The molecule has 0 spiro atoms. The first-order chi connectivity index (χ1) is 5.24. The van der Waals surface area contributed by atoms with Crippen LogP contribution in [0, 0.1) is 5.92 Å². The molecule has 59 valence electrons. The first-order valence-corrected chi connectivity index (χ1v) is 4.91. The van der Waals surface area contributed by atoms with Gasteiger partial charge in [-0.05, 0) is 29.9 Å². The van der Waals surface area contributed by atoms with Crippen LogP contribution < -0.4 is 0 Å². The summed E-state index contributed by atoms with van der Waals surface area (Å²) < 4.78 is 0. The lowest BCUT2D eigenvalue weighted by molar-refractivity contribution is 1.13. The molecule has 11 heavy (non-hydrogen) atoms. The van der Waals surface area contributed by atoms with Crippen LogP contribution in [-0.4, -0.2) is 6.26 Å². The molecule has 0 N–H and O–H groups in total. The molecule has 0 aliphatic carbocycles. The van der Waals surface area contributed by atoms with Gasteiger partial charge in [0.05, 0.1) is 0 Å². The highest BCUT2D eigenvalue weighted by Crippen LogP contribution is 2.20. The van der Waals surface area contributed by atoms with Gasteiger partial charge in [0.25, 0.3) is 0 Å². The predicted molar refractivity (Wildman–Crippen MR) is 51.9 cm³/mol. The van der Waals surface area contributed by atoms with E-state index in [1.165, 1.54) is 16.4 Å². The van der Waals surface area contributed by atoms with Crippen LogP contribution in [-0.2, 0) is 0 Å². The van der Waals surface area contributed by atoms with Crippen molar-refractivity contribution in [3.05, 3.63) is 35.7 Å². The second kappa shape index (κ2) is 3.82. The highest BCUT2D eigenvalue weighted by atomic mass is 32.2. The highest BCUT2D eigenvalue weighted by Gasteiger charge is 1.98. The van der Waals surface area contributed by atoms with Crippen LogP contribution in [0.5, 0.6) is 0 Å². The summed E-state index contributed by atoms with van der Waals surface area (Å²) >= 11 is 1.79. The van der Waals surface area contributed by atoms with Crippen LogP contribution in [0.25, 0.3) is 0 Å². The van der Waals surface area contributed by atoms with E-state index in [9.17, 15) is 0 Å². The molecule has 0 atom stereocenters. The zero-order chi connectivity index (χ0) is 8.27. The van der Waals surface area contributed by atoms with Crippen molar-refractivity contribution in [1.29, 1.82) is 0 Å². The van der Waals surface area contributed by atoms with Crippen molar-refractivity contribution in [3.8, 4) is 0 Å². The largest absolute Gasteiger partial charge is 0.130 e. The van der Waals surface area contributed by atoms with Gasteiger partial charge < -0.3 is 0 Å². The Bertz CT molecular complexity index is 228. The molecule has 0 aromatic heterocycles. The minimum Gasteiger partial charge on any atom is -0.130 e. The molecule has 0 bridgehead atoms. The first-order valence-electron chi connectivity index (χ1n) is 3.68. The monoisotopic (exact) mass is 165 g/mol. The number of benzene rings is 1. The van der Waals surface area contributed by atoms with Gasteiger partial charge in [-0.1, -0.05) is 26.0 Å². The molecule has 0 aliphatic heterocycles. The van der Waals surface area contributed by atoms with Crippen LogP contribution in [0.1, 0.15) is 19.4 Å². The Morgan fingerprint density at radius 3 is 2.55 bits per heavy atom. The van der Waals surface area contributed by atoms with Gasteiger partial charge in [0.1, 0.15) is 0 Å². The lowest BCUT2D eigenvalue weighted by Gasteiger charge is -2.05. The molecule has 0 amide bonds. The summed E-state index contributed by atoms with van der Waals surface area (Å²) in [6.07, 6.45) is 2.10. The van der Waals surface area contributed by atoms with Gasteiger partial charge in [0, 0.05) is 4.90 Å². The Morgan fingerprint density at radius 2 is 2.00 bits per heavy atom. The zero-order valence-corrected chi connectivity index (χ0v) is 8.03. The lowest BCUT2D eigenvalue weighted by atomic mass is 10.0. The topological polar surface area (TPSA) is 0 Å². The number of hydrogen-bond donors (Lipinski definition) is 0. The fraction of sp³-hybridized carbons (Fsp3) is 0.300. The summed E-state index contributed by atoms with van der Waals surface area (Å²) in [5.41, 5.74) is 1.34. The predicted octanol–water partition coefficient (Wildman–Crippen LogP) is 3.37. The van der Waals surface area contributed by atoms with E-state index in [0.717, 1.165) is 0 Å². The number of thioether (sulfide) groups is 1. The van der Waals surface area contributed by atoms with Gasteiger partial charge in [-0.15, -0.1) is 11.8 Å². The summed E-state index contributed by atoms with van der Waals surface area (Å²) in [7, 11) is 0. The zero-order valence-electron chi connectivity index (χ0n) is 7.22. The van der Waals surface area contributed by atoms with E-state index in [1.807, 2.05) is 0 Å². The van der Waals surface area contributed by atoms with Crippen LogP contribution in [0.2, 0.25) is 0 Å². The molecule has 1 heteroatoms. The minimum absolute atomic E-state index is 1.34. The van der Waals surface area contributed by atoms with E-state index in [2.05, 4.69) is 44.4 Å².